The van der Waals surface area contributed by atoms with Crippen molar-refractivity contribution in [2.75, 3.05) is 65.9 Å². The van der Waals surface area contributed by atoms with Crippen LogP contribution in [0.25, 0.3) is 0 Å². The molecule has 0 aromatic heterocycles. The van der Waals surface area contributed by atoms with Crippen LogP contribution in [0.15, 0.2) is 75.9 Å². The minimum absolute atomic E-state index is 0.101. The van der Waals surface area contributed by atoms with Gasteiger partial charge in [0.05, 0.1) is 5.41 Å². The van der Waals surface area contributed by atoms with Gasteiger partial charge in [-0.05, 0) is 50.5 Å². The Morgan fingerprint density at radius 3 is 1.21 bits per heavy atom. The van der Waals surface area contributed by atoms with Crippen LogP contribution >= 0.6 is 0 Å². The lowest BCUT2D eigenvalue weighted by Crippen LogP contribution is -2.47. The Morgan fingerprint density at radius 1 is 0.569 bits per heavy atom. The number of fused-ring (bicyclic) bond motifs is 2. The van der Waals surface area contributed by atoms with Crippen LogP contribution in [-0.4, -0.2) is 114 Å². The summed E-state index contributed by atoms with van der Waals surface area (Å²) >= 11 is 0. The van der Waals surface area contributed by atoms with E-state index in [1.807, 2.05) is 0 Å². The number of carbonyl (C=O) groups excluding carboxylic acids is 9. The van der Waals surface area contributed by atoms with Gasteiger partial charge < -0.3 is 43.8 Å². The first kappa shape index (κ1) is 51.9. The van der Waals surface area contributed by atoms with E-state index in [0.717, 1.165) is 54.8 Å². The average molecular weight is 819 g/mol. The van der Waals surface area contributed by atoms with Crippen molar-refractivity contribution in [2.24, 2.45) is 28.6 Å². The maximum atomic E-state index is 11.6. The highest BCUT2D eigenvalue weighted by atomic mass is 16.6. The van der Waals surface area contributed by atoms with E-state index < -0.39 is 52.7 Å². The number of hydrogen-bond acceptors (Lipinski definition) is 17. The fourth-order valence-corrected chi connectivity index (χ4v) is 5.79. The van der Waals surface area contributed by atoms with Crippen LogP contribution in [0.3, 0.4) is 0 Å². The first-order chi connectivity index (χ1) is 27.6. The molecule has 2 N–H and O–H groups in total. The molecule has 2 rings (SSSR count). The summed E-state index contributed by atoms with van der Waals surface area (Å²) < 4.78 is 35.7. The van der Waals surface area contributed by atoms with Gasteiger partial charge in [0, 0.05) is 49.5 Å². The lowest BCUT2D eigenvalue weighted by molar-refractivity contribution is -0.192. The molecule has 2 saturated carbocycles. The first-order valence-corrected chi connectivity index (χ1v) is 18.0. The minimum Gasteiger partial charge on any atom is -0.462 e. The Kier molecular flexibility index (Phi) is 26.1. The molecule has 3 unspecified atom stereocenters. The lowest BCUT2D eigenvalue weighted by Gasteiger charge is -2.33. The smallest absolute Gasteiger partial charge is 0.407 e. The summed E-state index contributed by atoms with van der Waals surface area (Å²) in [6, 6.07) is 0. The van der Waals surface area contributed by atoms with Crippen molar-refractivity contribution in [1.29, 1.82) is 0 Å². The minimum atomic E-state index is -1.33. The Bertz CT molecular complexity index is 1380. The Morgan fingerprint density at radius 2 is 0.914 bits per heavy atom. The van der Waals surface area contributed by atoms with Crippen molar-refractivity contribution in [1.82, 2.24) is 10.6 Å². The molecule has 0 heterocycles. The fraction of sp³-hybridized carbons (Fsp3) is 0.500. The molecule has 18 nitrogen and oxygen atoms in total. The fourth-order valence-electron chi connectivity index (χ4n) is 5.79. The van der Waals surface area contributed by atoms with Crippen LogP contribution < -0.4 is 10.6 Å². The standard InChI is InChI=1S/C22H31NO6.C17H23NO8.CO2/c1-4-19(24)27-13-22(14-28-20(25)5-2,15-29-21(26)6-3)12-23-11-18-10-16-7-8-17(18)9-16;1-5-13(19)23-9-17(10-24-14(20)6-2,11-25-15(21)7-3)12-26-16(22)18-8-4;2-1-3/h4-6,16-18,23H,1-3,7-15H2;5-7H,1-3,8-12H2,4H3,(H,18,22);. The van der Waals surface area contributed by atoms with Crippen LogP contribution in [0.2, 0.25) is 0 Å². The van der Waals surface area contributed by atoms with Gasteiger partial charge in [-0.2, -0.15) is 9.59 Å². The number of esters is 6. The largest absolute Gasteiger partial charge is 0.462 e. The molecule has 0 aromatic rings. The molecule has 3 atom stereocenters. The van der Waals surface area contributed by atoms with Gasteiger partial charge >= 0.3 is 48.1 Å². The molecule has 58 heavy (non-hydrogen) atoms. The second-order valence-corrected chi connectivity index (χ2v) is 13.1. The van der Waals surface area contributed by atoms with Crippen LogP contribution in [0, 0.1) is 28.6 Å². The molecule has 2 aliphatic rings. The Labute approximate surface area is 337 Å². The van der Waals surface area contributed by atoms with Crippen molar-refractivity contribution in [2.45, 2.75) is 32.6 Å². The topological polar surface area (TPSA) is 242 Å². The van der Waals surface area contributed by atoms with Gasteiger partial charge in [-0.3, -0.25) is 0 Å². The highest BCUT2D eigenvalue weighted by Gasteiger charge is 2.41. The van der Waals surface area contributed by atoms with Crippen LogP contribution in [-0.2, 0) is 71.5 Å². The monoisotopic (exact) mass is 818 g/mol. The second kappa shape index (κ2) is 29.2. The summed E-state index contributed by atoms with van der Waals surface area (Å²) in [4.78, 5) is 96.8. The molecule has 0 saturated heterocycles. The van der Waals surface area contributed by atoms with Crippen molar-refractivity contribution in [3.63, 3.8) is 0 Å². The highest BCUT2D eigenvalue weighted by molar-refractivity contribution is 5.83. The van der Waals surface area contributed by atoms with Gasteiger partial charge in [0.2, 0.25) is 0 Å². The number of ether oxygens (including phenoxy) is 7. The number of rotatable bonds is 25. The van der Waals surface area contributed by atoms with E-state index in [9.17, 15) is 33.6 Å². The van der Waals surface area contributed by atoms with Crippen LogP contribution in [0.5, 0.6) is 0 Å². The number of carbonyl (C=O) groups is 7. The van der Waals surface area contributed by atoms with Gasteiger partial charge in [-0.1, -0.05) is 45.9 Å². The van der Waals surface area contributed by atoms with E-state index in [-0.39, 0.29) is 52.4 Å². The third kappa shape index (κ3) is 21.2. The molecule has 0 aromatic carbocycles. The second-order valence-electron chi connectivity index (χ2n) is 13.1. The summed E-state index contributed by atoms with van der Waals surface area (Å²) in [5, 5.41) is 5.84. The first-order valence-electron chi connectivity index (χ1n) is 18.0. The van der Waals surface area contributed by atoms with Gasteiger partial charge in [0.1, 0.15) is 51.7 Å². The zero-order valence-corrected chi connectivity index (χ0v) is 32.9. The van der Waals surface area contributed by atoms with Crippen molar-refractivity contribution in [3.8, 4) is 0 Å². The SMILES string of the molecule is C=CC(=O)OCC(CNCC1CC2CCC1C2)(COC(=O)C=C)COC(=O)C=C.C=CC(=O)OCC(COC(=O)C=C)(COC(=O)C=C)COC(=O)NCC.O=C=O. The van der Waals surface area contributed by atoms with E-state index in [0.29, 0.717) is 19.0 Å². The predicted molar refractivity (Wildman–Crippen MR) is 204 cm³/mol. The number of alkyl carbamates (subject to hydrolysis) is 1. The molecular weight excluding hydrogens is 764 g/mol. The number of hydrogen-bond donors (Lipinski definition) is 2. The maximum Gasteiger partial charge on any atom is 0.407 e. The van der Waals surface area contributed by atoms with Crippen molar-refractivity contribution >= 4 is 48.1 Å². The van der Waals surface area contributed by atoms with E-state index in [4.69, 9.17) is 42.7 Å². The number of amides is 1. The zero-order valence-electron chi connectivity index (χ0n) is 32.9. The summed E-state index contributed by atoms with van der Waals surface area (Å²) in [6.07, 6.45) is 10.6. The van der Waals surface area contributed by atoms with Gasteiger partial charge in [-0.25, -0.2) is 33.6 Å². The number of nitrogens with one attached hydrogen (secondary N) is 2. The predicted octanol–water partition coefficient (Wildman–Crippen LogP) is 2.51. The highest BCUT2D eigenvalue weighted by Crippen LogP contribution is 2.48. The quantitative estimate of drug-likeness (QED) is 0.0764. The Hall–Kier alpha value is -6.13. The van der Waals surface area contributed by atoms with Crippen LogP contribution in [0.1, 0.15) is 32.6 Å². The van der Waals surface area contributed by atoms with Crippen LogP contribution in [0.4, 0.5) is 4.79 Å². The molecule has 2 bridgehead atoms. The van der Waals surface area contributed by atoms with Gasteiger partial charge in [-0.15, -0.1) is 0 Å². The molecule has 2 aliphatic carbocycles. The molecule has 0 aliphatic heterocycles. The van der Waals surface area contributed by atoms with E-state index in [1.165, 1.54) is 25.7 Å². The zero-order chi connectivity index (χ0) is 44.0. The third-order valence-electron chi connectivity index (χ3n) is 8.75. The molecule has 2 fully saturated rings. The van der Waals surface area contributed by atoms with Crippen molar-refractivity contribution < 1.29 is 76.3 Å². The summed E-state index contributed by atoms with van der Waals surface area (Å²) in [7, 11) is 0. The normalized spacial score (nSPS) is 15.9. The molecule has 18 heteroatoms. The average Bonchev–Trinajstić information content (AvgIpc) is 3.87. The van der Waals surface area contributed by atoms with Gasteiger partial charge in [0.25, 0.3) is 0 Å². The lowest BCUT2D eigenvalue weighted by atomic mass is 9.87. The third-order valence-corrected chi connectivity index (χ3v) is 8.75. The molecule has 320 valence electrons. The molecular formula is C40H54N2O16. The van der Waals surface area contributed by atoms with Crippen molar-refractivity contribution in [3.05, 3.63) is 75.9 Å². The maximum absolute atomic E-state index is 11.6. The molecule has 0 spiro atoms. The van der Waals surface area contributed by atoms with E-state index in [1.54, 1.807) is 6.92 Å². The van der Waals surface area contributed by atoms with Gasteiger partial charge in [0.15, 0.2) is 0 Å². The summed E-state index contributed by atoms with van der Waals surface area (Å²) in [6.45, 7) is 21.4. The summed E-state index contributed by atoms with van der Waals surface area (Å²) in [5.74, 6) is -1.85. The molecule has 0 radical (unpaired) electrons. The Balaban J connectivity index is 0.00000106. The van der Waals surface area contributed by atoms with E-state index in [2.05, 4.69) is 50.1 Å². The van der Waals surface area contributed by atoms with E-state index >= 15 is 0 Å². The molecule has 1 amide bonds. The summed E-state index contributed by atoms with van der Waals surface area (Å²) in [5.41, 5.74) is -2.27.